The molecule has 1 aliphatic rings. The number of ether oxygens (including phenoxy) is 1. The number of carbonyl (C=O) groups is 1. The fraction of sp³-hybridized carbons (Fsp3) is 0.462. The van der Waals surface area contributed by atoms with E-state index in [0.717, 1.165) is 19.4 Å². The first-order chi connectivity index (χ1) is 8.20. The average Bonchev–Trinajstić information content (AvgIpc) is 2.81. The first kappa shape index (κ1) is 12.4. The van der Waals surface area contributed by atoms with Gasteiger partial charge in [-0.05, 0) is 37.6 Å². The zero-order chi connectivity index (χ0) is 12.3. The number of rotatable bonds is 4. The van der Waals surface area contributed by atoms with Crippen LogP contribution >= 0.6 is 11.6 Å². The van der Waals surface area contributed by atoms with Gasteiger partial charge in [-0.2, -0.15) is 0 Å². The zero-order valence-corrected chi connectivity index (χ0v) is 10.6. The van der Waals surface area contributed by atoms with Crippen molar-refractivity contribution in [2.24, 2.45) is 0 Å². The smallest absolute Gasteiger partial charge is 0.168 e. The predicted molar refractivity (Wildman–Crippen MR) is 68.0 cm³/mol. The molecule has 0 bridgehead atoms. The molecule has 1 aromatic carbocycles. The monoisotopic (exact) mass is 253 g/mol. The third-order valence-corrected chi connectivity index (χ3v) is 3.29. The van der Waals surface area contributed by atoms with E-state index in [4.69, 9.17) is 16.3 Å². The molecule has 1 aromatic rings. The minimum Gasteiger partial charge on any atom is -0.496 e. The number of halogens is 1. The fourth-order valence-electron chi connectivity index (χ4n) is 2.16. The maximum absolute atomic E-state index is 12.2. The van der Waals surface area contributed by atoms with Gasteiger partial charge in [0.25, 0.3) is 0 Å². The van der Waals surface area contributed by atoms with Crippen molar-refractivity contribution in [2.75, 3.05) is 13.7 Å². The lowest BCUT2D eigenvalue weighted by Crippen LogP contribution is -2.24. The summed E-state index contributed by atoms with van der Waals surface area (Å²) in [6.45, 7) is 1.00. The number of carbonyl (C=O) groups excluding carboxylic acids is 1. The van der Waals surface area contributed by atoms with E-state index in [2.05, 4.69) is 5.32 Å². The second kappa shape index (κ2) is 5.52. The summed E-state index contributed by atoms with van der Waals surface area (Å²) in [6.07, 6.45) is 2.72. The second-order valence-corrected chi connectivity index (χ2v) is 4.70. The first-order valence-electron chi connectivity index (χ1n) is 5.81. The van der Waals surface area contributed by atoms with Crippen LogP contribution in [0.3, 0.4) is 0 Å². The highest BCUT2D eigenvalue weighted by atomic mass is 35.5. The Morgan fingerprint density at radius 1 is 1.59 bits per heavy atom. The molecule has 1 fully saturated rings. The summed E-state index contributed by atoms with van der Waals surface area (Å²) in [7, 11) is 1.56. The van der Waals surface area contributed by atoms with E-state index in [1.165, 1.54) is 0 Å². The van der Waals surface area contributed by atoms with Gasteiger partial charge in [-0.3, -0.25) is 4.79 Å². The summed E-state index contributed by atoms with van der Waals surface area (Å²) in [5, 5.41) is 3.88. The maximum Gasteiger partial charge on any atom is 0.168 e. The van der Waals surface area contributed by atoms with Gasteiger partial charge in [-0.1, -0.05) is 11.6 Å². The summed E-state index contributed by atoms with van der Waals surface area (Å²) in [5.74, 6) is 0.682. The number of hydrogen-bond donors (Lipinski definition) is 1. The van der Waals surface area contributed by atoms with E-state index >= 15 is 0 Å². The van der Waals surface area contributed by atoms with Crippen LogP contribution in [-0.2, 0) is 0 Å². The van der Waals surface area contributed by atoms with Crippen molar-refractivity contribution in [3.63, 3.8) is 0 Å². The van der Waals surface area contributed by atoms with Crippen molar-refractivity contribution in [1.82, 2.24) is 5.32 Å². The van der Waals surface area contributed by atoms with Crippen molar-refractivity contribution in [3.8, 4) is 5.75 Å². The lowest BCUT2D eigenvalue weighted by Gasteiger charge is -2.11. The highest BCUT2D eigenvalue weighted by Gasteiger charge is 2.20. The highest BCUT2D eigenvalue weighted by molar-refractivity contribution is 6.31. The average molecular weight is 254 g/mol. The third-order valence-electron chi connectivity index (χ3n) is 3.06. The van der Waals surface area contributed by atoms with Crippen molar-refractivity contribution in [2.45, 2.75) is 25.3 Å². The van der Waals surface area contributed by atoms with Crippen LogP contribution in [0.1, 0.15) is 29.6 Å². The topological polar surface area (TPSA) is 38.3 Å². The fourth-order valence-corrected chi connectivity index (χ4v) is 2.33. The molecule has 1 N–H and O–H groups in total. The van der Waals surface area contributed by atoms with E-state index in [0.29, 0.717) is 28.8 Å². The van der Waals surface area contributed by atoms with Gasteiger partial charge in [0.1, 0.15) is 5.75 Å². The molecule has 0 spiro atoms. The van der Waals surface area contributed by atoms with Gasteiger partial charge in [-0.25, -0.2) is 0 Å². The maximum atomic E-state index is 12.2. The highest BCUT2D eigenvalue weighted by Crippen LogP contribution is 2.25. The molecule has 4 heteroatoms. The Morgan fingerprint density at radius 2 is 2.41 bits per heavy atom. The summed E-state index contributed by atoms with van der Waals surface area (Å²) < 4.78 is 5.19. The van der Waals surface area contributed by atoms with Gasteiger partial charge in [0.15, 0.2) is 5.78 Å². The van der Waals surface area contributed by atoms with Crippen LogP contribution in [0.25, 0.3) is 0 Å². The Morgan fingerprint density at radius 3 is 3.06 bits per heavy atom. The Labute approximate surface area is 106 Å². The Bertz CT molecular complexity index is 414. The molecule has 0 radical (unpaired) electrons. The van der Waals surface area contributed by atoms with Crippen LogP contribution in [0, 0.1) is 0 Å². The van der Waals surface area contributed by atoms with E-state index in [9.17, 15) is 4.79 Å². The second-order valence-electron chi connectivity index (χ2n) is 4.27. The molecule has 0 amide bonds. The van der Waals surface area contributed by atoms with Gasteiger partial charge in [0.2, 0.25) is 0 Å². The molecule has 2 rings (SSSR count). The van der Waals surface area contributed by atoms with E-state index in [1.54, 1.807) is 25.3 Å². The third kappa shape index (κ3) is 2.99. The van der Waals surface area contributed by atoms with Crippen molar-refractivity contribution in [3.05, 3.63) is 28.8 Å². The molecule has 1 unspecified atom stereocenters. The molecule has 0 aliphatic carbocycles. The molecule has 17 heavy (non-hydrogen) atoms. The molecule has 1 atom stereocenters. The Hall–Kier alpha value is -1.06. The standard InChI is InChI=1S/C13H16ClNO2/c1-17-13-5-4-9(14)7-11(13)12(16)8-10-3-2-6-15-10/h4-5,7,10,15H,2-3,6,8H2,1H3. The summed E-state index contributed by atoms with van der Waals surface area (Å²) in [4.78, 5) is 12.2. The van der Waals surface area contributed by atoms with Gasteiger partial charge in [0, 0.05) is 17.5 Å². The molecule has 0 saturated carbocycles. The molecule has 1 saturated heterocycles. The molecular weight excluding hydrogens is 238 g/mol. The Balaban J connectivity index is 2.14. The minimum atomic E-state index is 0.0868. The van der Waals surface area contributed by atoms with Crippen LogP contribution in [0.2, 0.25) is 5.02 Å². The summed E-state index contributed by atoms with van der Waals surface area (Å²) in [5.41, 5.74) is 0.577. The number of Topliss-reactive ketones (excluding diaryl/α,β-unsaturated/α-hetero) is 1. The minimum absolute atomic E-state index is 0.0868. The van der Waals surface area contributed by atoms with Crippen LogP contribution in [0.4, 0.5) is 0 Å². The molecule has 92 valence electrons. The van der Waals surface area contributed by atoms with Crippen molar-refractivity contribution >= 4 is 17.4 Å². The van der Waals surface area contributed by atoms with Crippen LogP contribution in [0.15, 0.2) is 18.2 Å². The number of hydrogen-bond acceptors (Lipinski definition) is 3. The Kier molecular flexibility index (Phi) is 4.02. The summed E-state index contributed by atoms with van der Waals surface area (Å²) >= 11 is 5.91. The lowest BCUT2D eigenvalue weighted by molar-refractivity contribution is 0.0968. The molecule has 1 heterocycles. The van der Waals surface area contributed by atoms with Crippen LogP contribution in [0.5, 0.6) is 5.75 Å². The van der Waals surface area contributed by atoms with Gasteiger partial charge < -0.3 is 10.1 Å². The van der Waals surface area contributed by atoms with Crippen LogP contribution in [-0.4, -0.2) is 25.5 Å². The zero-order valence-electron chi connectivity index (χ0n) is 9.83. The lowest BCUT2D eigenvalue weighted by atomic mass is 10.0. The molecular formula is C13H16ClNO2. The van der Waals surface area contributed by atoms with Crippen molar-refractivity contribution in [1.29, 1.82) is 0 Å². The summed E-state index contributed by atoms with van der Waals surface area (Å²) in [6, 6.07) is 5.44. The number of methoxy groups -OCH3 is 1. The van der Waals surface area contributed by atoms with Gasteiger partial charge in [-0.15, -0.1) is 0 Å². The number of ketones is 1. The van der Waals surface area contributed by atoms with E-state index in [-0.39, 0.29) is 5.78 Å². The van der Waals surface area contributed by atoms with E-state index < -0.39 is 0 Å². The molecule has 0 aromatic heterocycles. The normalized spacial score (nSPS) is 19.3. The largest absolute Gasteiger partial charge is 0.496 e. The molecule has 3 nitrogen and oxygen atoms in total. The van der Waals surface area contributed by atoms with Gasteiger partial charge >= 0.3 is 0 Å². The SMILES string of the molecule is COc1ccc(Cl)cc1C(=O)CC1CCCN1. The first-order valence-corrected chi connectivity index (χ1v) is 6.18. The number of nitrogens with one attached hydrogen (secondary N) is 1. The quantitative estimate of drug-likeness (QED) is 0.839. The van der Waals surface area contributed by atoms with E-state index in [1.807, 2.05) is 0 Å². The molecule has 1 aliphatic heterocycles. The van der Waals surface area contributed by atoms with Crippen LogP contribution < -0.4 is 10.1 Å². The predicted octanol–water partition coefficient (Wildman–Crippen LogP) is 2.67. The van der Waals surface area contributed by atoms with Crippen molar-refractivity contribution < 1.29 is 9.53 Å². The van der Waals surface area contributed by atoms with Gasteiger partial charge in [0.05, 0.1) is 12.7 Å². The number of benzene rings is 1.